The van der Waals surface area contributed by atoms with Gasteiger partial charge in [0.05, 0.1) is 0 Å². The molecule has 0 aliphatic heterocycles. The molecule has 0 amide bonds. The van der Waals surface area contributed by atoms with E-state index >= 15 is 0 Å². The Bertz CT molecular complexity index is 319. The summed E-state index contributed by atoms with van der Waals surface area (Å²) in [4.78, 5) is 0. The molecule has 2 rings (SSSR count). The molecule has 0 radical (unpaired) electrons. The second kappa shape index (κ2) is 10.3. The van der Waals surface area contributed by atoms with Crippen molar-refractivity contribution in [1.29, 1.82) is 0 Å². The van der Waals surface area contributed by atoms with Crippen molar-refractivity contribution in [2.75, 3.05) is 13.1 Å². The molecule has 2 atom stereocenters. The van der Waals surface area contributed by atoms with E-state index in [2.05, 4.69) is 13.8 Å². The summed E-state index contributed by atoms with van der Waals surface area (Å²) < 4.78 is 0. The zero-order valence-electron chi connectivity index (χ0n) is 17.3. The van der Waals surface area contributed by atoms with Crippen molar-refractivity contribution < 1.29 is 0 Å². The molecule has 4 N–H and O–H groups in total. The number of hydrogen-bond acceptors (Lipinski definition) is 2. The van der Waals surface area contributed by atoms with Crippen LogP contribution in [0.1, 0.15) is 110 Å². The highest BCUT2D eigenvalue weighted by atomic mass is 14.6. The van der Waals surface area contributed by atoms with Crippen LogP contribution >= 0.6 is 0 Å². The minimum atomic E-state index is 0.630. The van der Waals surface area contributed by atoms with Crippen LogP contribution in [0.3, 0.4) is 0 Å². The predicted octanol–water partition coefficient (Wildman–Crippen LogP) is 6.03. The second-order valence-electron chi connectivity index (χ2n) is 10.1. The molecule has 25 heavy (non-hydrogen) atoms. The topological polar surface area (TPSA) is 52.0 Å². The largest absolute Gasteiger partial charge is 0.330 e. The van der Waals surface area contributed by atoms with Crippen molar-refractivity contribution in [2.24, 2.45) is 34.1 Å². The zero-order valence-corrected chi connectivity index (χ0v) is 17.3. The van der Waals surface area contributed by atoms with E-state index in [0.29, 0.717) is 22.7 Å². The van der Waals surface area contributed by atoms with Crippen LogP contribution in [0.4, 0.5) is 0 Å². The number of nitrogens with two attached hydrogens (primary N) is 2. The molecule has 2 heteroatoms. The Morgan fingerprint density at radius 3 is 1.32 bits per heavy atom. The van der Waals surface area contributed by atoms with E-state index in [-0.39, 0.29) is 0 Å². The van der Waals surface area contributed by atoms with Gasteiger partial charge in [0, 0.05) is 0 Å². The second-order valence-corrected chi connectivity index (χ2v) is 10.1. The van der Waals surface area contributed by atoms with Crippen molar-refractivity contribution in [1.82, 2.24) is 0 Å². The lowest BCUT2D eigenvalue weighted by Crippen LogP contribution is -2.36. The third-order valence-electron chi connectivity index (χ3n) is 7.72. The Morgan fingerprint density at radius 1 is 0.640 bits per heavy atom. The molecule has 0 heterocycles. The molecule has 148 valence electrons. The molecule has 2 aliphatic carbocycles. The van der Waals surface area contributed by atoms with E-state index < -0.39 is 0 Å². The third kappa shape index (κ3) is 6.54. The van der Waals surface area contributed by atoms with Crippen molar-refractivity contribution in [2.45, 2.75) is 110 Å². The minimum absolute atomic E-state index is 0.630. The van der Waals surface area contributed by atoms with Crippen LogP contribution in [0.5, 0.6) is 0 Å². The fourth-order valence-electron chi connectivity index (χ4n) is 5.77. The summed E-state index contributed by atoms with van der Waals surface area (Å²) in [6.07, 6.45) is 21.8. The van der Waals surface area contributed by atoms with E-state index in [1.54, 1.807) is 0 Å². The quantitative estimate of drug-likeness (QED) is 0.505. The van der Waals surface area contributed by atoms with E-state index in [9.17, 15) is 0 Å². The fourth-order valence-corrected chi connectivity index (χ4v) is 5.77. The van der Waals surface area contributed by atoms with Crippen LogP contribution in [0.2, 0.25) is 0 Å². The third-order valence-corrected chi connectivity index (χ3v) is 7.72. The van der Waals surface area contributed by atoms with Crippen LogP contribution in [0.25, 0.3) is 0 Å². The van der Waals surface area contributed by atoms with Gasteiger partial charge in [-0.15, -0.1) is 0 Å². The first kappa shape index (κ1) is 21.2. The van der Waals surface area contributed by atoms with Gasteiger partial charge in [-0.1, -0.05) is 52.4 Å². The molecule has 0 aromatic heterocycles. The average Bonchev–Trinajstić information content (AvgIpc) is 2.65. The van der Waals surface area contributed by atoms with Gasteiger partial charge in [0.2, 0.25) is 0 Å². The van der Waals surface area contributed by atoms with Gasteiger partial charge < -0.3 is 11.5 Å². The van der Waals surface area contributed by atoms with Crippen LogP contribution in [0.15, 0.2) is 0 Å². The molecule has 2 aliphatic rings. The first-order valence-corrected chi connectivity index (χ1v) is 11.4. The maximum absolute atomic E-state index is 5.93. The van der Waals surface area contributed by atoms with Gasteiger partial charge in [-0.2, -0.15) is 0 Å². The Labute approximate surface area is 157 Å². The highest BCUT2D eigenvalue weighted by Crippen LogP contribution is 2.54. The van der Waals surface area contributed by atoms with Gasteiger partial charge >= 0.3 is 0 Å². The van der Waals surface area contributed by atoms with Gasteiger partial charge in [-0.25, -0.2) is 0 Å². The smallest absolute Gasteiger partial charge is 0.00515 e. The van der Waals surface area contributed by atoms with Crippen LogP contribution in [0, 0.1) is 22.7 Å². The Balaban J connectivity index is 2.07. The van der Waals surface area contributed by atoms with E-state index in [1.807, 2.05) is 0 Å². The van der Waals surface area contributed by atoms with Gasteiger partial charge in [0.15, 0.2) is 0 Å². The predicted molar refractivity (Wildman–Crippen MR) is 111 cm³/mol. The summed E-state index contributed by atoms with van der Waals surface area (Å²) in [5.41, 5.74) is 13.1. The summed E-state index contributed by atoms with van der Waals surface area (Å²) in [6.45, 7) is 6.40. The SMILES string of the molecule is CC(CN)CCC1(CC2(CCC(C)CN)CCCCC2)CCCCC1. The van der Waals surface area contributed by atoms with Crippen molar-refractivity contribution in [3.63, 3.8) is 0 Å². The summed E-state index contributed by atoms with van der Waals surface area (Å²) in [5.74, 6) is 1.39. The Hall–Kier alpha value is -0.0800. The molecule has 2 fully saturated rings. The number of rotatable bonds is 10. The zero-order chi connectivity index (χ0) is 18.2. The van der Waals surface area contributed by atoms with E-state index in [4.69, 9.17) is 11.5 Å². The minimum Gasteiger partial charge on any atom is -0.330 e. The summed E-state index contributed by atoms with van der Waals surface area (Å²) >= 11 is 0. The molecule has 0 aromatic rings. The normalized spacial score (nSPS) is 25.4. The first-order chi connectivity index (χ1) is 12.0. The molecule has 2 saturated carbocycles. The molecule has 2 unspecified atom stereocenters. The first-order valence-electron chi connectivity index (χ1n) is 11.4. The number of hydrogen-bond donors (Lipinski definition) is 2. The van der Waals surface area contributed by atoms with Gasteiger partial charge in [-0.05, 0) is 93.5 Å². The molecular weight excluding hydrogens is 304 g/mol. The van der Waals surface area contributed by atoms with Gasteiger partial charge in [0.1, 0.15) is 0 Å². The van der Waals surface area contributed by atoms with Crippen LogP contribution < -0.4 is 11.5 Å². The molecule has 0 aromatic carbocycles. The van der Waals surface area contributed by atoms with Crippen molar-refractivity contribution in [3.8, 4) is 0 Å². The van der Waals surface area contributed by atoms with E-state index in [0.717, 1.165) is 13.1 Å². The van der Waals surface area contributed by atoms with Crippen molar-refractivity contribution in [3.05, 3.63) is 0 Å². The summed E-state index contributed by atoms with van der Waals surface area (Å²) in [7, 11) is 0. The summed E-state index contributed by atoms with van der Waals surface area (Å²) in [5, 5.41) is 0. The summed E-state index contributed by atoms with van der Waals surface area (Å²) in [6, 6.07) is 0. The Morgan fingerprint density at radius 2 is 1.00 bits per heavy atom. The highest BCUT2D eigenvalue weighted by Gasteiger charge is 2.42. The van der Waals surface area contributed by atoms with Crippen LogP contribution in [-0.2, 0) is 0 Å². The molecule has 0 saturated heterocycles. The lowest BCUT2D eigenvalue weighted by atomic mass is 9.57. The highest BCUT2D eigenvalue weighted by molar-refractivity contribution is 4.93. The van der Waals surface area contributed by atoms with Gasteiger partial charge in [0.25, 0.3) is 0 Å². The van der Waals surface area contributed by atoms with Crippen molar-refractivity contribution >= 4 is 0 Å². The maximum Gasteiger partial charge on any atom is -0.00515 e. The lowest BCUT2D eigenvalue weighted by molar-refractivity contribution is 0.0343. The van der Waals surface area contributed by atoms with Gasteiger partial charge in [-0.3, -0.25) is 0 Å². The molecule has 0 bridgehead atoms. The lowest BCUT2D eigenvalue weighted by Gasteiger charge is -2.48. The molecular formula is C23H46N2. The Kier molecular flexibility index (Phi) is 8.75. The average molecular weight is 351 g/mol. The van der Waals surface area contributed by atoms with E-state index in [1.165, 1.54) is 96.3 Å². The molecule has 0 spiro atoms. The molecule has 2 nitrogen and oxygen atoms in total. The maximum atomic E-state index is 5.93. The van der Waals surface area contributed by atoms with Crippen LogP contribution in [-0.4, -0.2) is 13.1 Å². The standard InChI is InChI=1S/C23H46N2/c1-20(17-24)9-15-22(11-5-3-6-12-22)19-23(13-7-4-8-14-23)16-10-21(2)18-25/h20-21H,3-19,24-25H2,1-2H3. The monoisotopic (exact) mass is 350 g/mol. The fraction of sp³-hybridized carbons (Fsp3) is 1.00.